The Morgan fingerprint density at radius 2 is 1.89 bits per heavy atom. The fraction of sp³-hybridized carbons (Fsp3) is 0.625. The highest BCUT2D eigenvalue weighted by atomic mass is 32.2. The van der Waals surface area contributed by atoms with Crippen LogP contribution in [0.1, 0.15) is 50.7 Å². The largest absolute Gasteiger partial charge is 0.494 e. The van der Waals surface area contributed by atoms with E-state index in [-0.39, 0.29) is 6.10 Å². The second-order valence-corrected chi connectivity index (χ2v) is 6.44. The molecule has 2 rings (SSSR count). The van der Waals surface area contributed by atoms with Crippen LogP contribution in [-0.2, 0) is 0 Å². The first-order valence-corrected chi connectivity index (χ1v) is 8.37. The molecule has 1 aromatic carbocycles. The summed E-state index contributed by atoms with van der Waals surface area (Å²) in [7, 11) is 0. The number of aliphatic hydroxyl groups is 1. The maximum atomic E-state index is 10.2. The molecule has 0 radical (unpaired) electrons. The van der Waals surface area contributed by atoms with E-state index in [0.717, 1.165) is 22.3 Å². The molecule has 1 fully saturated rings. The average Bonchev–Trinajstić information content (AvgIpc) is 2.47. The zero-order valence-corrected chi connectivity index (χ0v) is 12.5. The van der Waals surface area contributed by atoms with Crippen LogP contribution in [0, 0.1) is 0 Å². The number of benzene rings is 1. The van der Waals surface area contributed by atoms with E-state index >= 15 is 0 Å². The predicted octanol–water partition coefficient (Wildman–Crippen LogP) is 4.18. The van der Waals surface area contributed by atoms with E-state index in [4.69, 9.17) is 4.74 Å². The van der Waals surface area contributed by atoms with Gasteiger partial charge in [-0.2, -0.15) is 11.8 Å². The van der Waals surface area contributed by atoms with E-state index in [2.05, 4.69) is 0 Å². The van der Waals surface area contributed by atoms with Crippen molar-refractivity contribution >= 4 is 11.8 Å². The third kappa shape index (κ3) is 4.73. The van der Waals surface area contributed by atoms with Crippen LogP contribution < -0.4 is 4.74 Å². The third-order valence-electron chi connectivity index (χ3n) is 3.62. The van der Waals surface area contributed by atoms with Crippen LogP contribution in [0.5, 0.6) is 5.75 Å². The summed E-state index contributed by atoms with van der Waals surface area (Å²) in [6.07, 6.45) is 6.38. The minimum Gasteiger partial charge on any atom is -0.494 e. The van der Waals surface area contributed by atoms with E-state index < -0.39 is 0 Å². The van der Waals surface area contributed by atoms with Crippen molar-refractivity contribution in [2.75, 3.05) is 12.4 Å². The molecule has 0 aromatic heterocycles. The van der Waals surface area contributed by atoms with Crippen molar-refractivity contribution in [2.24, 2.45) is 0 Å². The first kappa shape index (κ1) is 14.7. The van der Waals surface area contributed by atoms with Crippen molar-refractivity contribution in [3.8, 4) is 5.75 Å². The van der Waals surface area contributed by atoms with Gasteiger partial charge in [-0.3, -0.25) is 0 Å². The normalized spacial score (nSPS) is 18.2. The molecule has 3 heteroatoms. The number of thioether (sulfide) groups is 1. The summed E-state index contributed by atoms with van der Waals surface area (Å²) in [6.45, 7) is 2.66. The summed E-state index contributed by atoms with van der Waals surface area (Å²) in [5.41, 5.74) is 0.992. The van der Waals surface area contributed by atoms with Gasteiger partial charge < -0.3 is 9.84 Å². The lowest BCUT2D eigenvalue weighted by molar-refractivity contribution is 0.203. The van der Waals surface area contributed by atoms with Crippen LogP contribution in [0.15, 0.2) is 24.3 Å². The Hall–Kier alpha value is -0.670. The average molecular weight is 280 g/mol. The van der Waals surface area contributed by atoms with Crippen LogP contribution in [0.25, 0.3) is 0 Å². The van der Waals surface area contributed by atoms with E-state index in [1.54, 1.807) is 0 Å². The fourth-order valence-electron chi connectivity index (χ4n) is 2.51. The second kappa shape index (κ2) is 7.81. The fourth-order valence-corrected chi connectivity index (χ4v) is 3.82. The minimum absolute atomic E-state index is 0.359. The molecule has 0 amide bonds. The Morgan fingerprint density at radius 3 is 2.53 bits per heavy atom. The summed E-state index contributed by atoms with van der Waals surface area (Å²) in [6, 6.07) is 7.81. The molecule has 1 atom stereocenters. The molecule has 0 spiro atoms. The number of ether oxygens (including phenoxy) is 1. The molecular weight excluding hydrogens is 256 g/mol. The summed E-state index contributed by atoms with van der Waals surface area (Å²) < 4.78 is 5.41. The molecule has 0 aliphatic heterocycles. The van der Waals surface area contributed by atoms with Crippen molar-refractivity contribution in [3.63, 3.8) is 0 Å². The van der Waals surface area contributed by atoms with E-state index in [1.165, 1.54) is 32.1 Å². The van der Waals surface area contributed by atoms with Gasteiger partial charge >= 0.3 is 0 Å². The first-order valence-electron chi connectivity index (χ1n) is 7.32. The van der Waals surface area contributed by atoms with Gasteiger partial charge in [0.25, 0.3) is 0 Å². The monoisotopic (exact) mass is 280 g/mol. The maximum absolute atomic E-state index is 10.2. The molecule has 1 aromatic rings. The predicted molar refractivity (Wildman–Crippen MR) is 81.9 cm³/mol. The van der Waals surface area contributed by atoms with Crippen LogP contribution in [0.2, 0.25) is 0 Å². The van der Waals surface area contributed by atoms with E-state index in [0.29, 0.717) is 6.61 Å². The molecule has 1 saturated carbocycles. The maximum Gasteiger partial charge on any atom is 0.119 e. The lowest BCUT2D eigenvalue weighted by atomic mass is 10.0. The molecule has 0 saturated heterocycles. The van der Waals surface area contributed by atoms with Crippen LogP contribution in [0.3, 0.4) is 0 Å². The highest BCUT2D eigenvalue weighted by Crippen LogP contribution is 2.31. The highest BCUT2D eigenvalue weighted by Gasteiger charge is 2.16. The smallest absolute Gasteiger partial charge is 0.119 e. The van der Waals surface area contributed by atoms with Crippen LogP contribution >= 0.6 is 11.8 Å². The van der Waals surface area contributed by atoms with Gasteiger partial charge in [-0.05, 0) is 37.5 Å². The highest BCUT2D eigenvalue weighted by molar-refractivity contribution is 7.99. The molecular formula is C16H24O2S. The Kier molecular flexibility index (Phi) is 6.05. The van der Waals surface area contributed by atoms with Crippen LogP contribution in [0.4, 0.5) is 0 Å². The van der Waals surface area contributed by atoms with Crippen LogP contribution in [-0.4, -0.2) is 22.7 Å². The van der Waals surface area contributed by atoms with Gasteiger partial charge in [-0.1, -0.05) is 31.4 Å². The topological polar surface area (TPSA) is 29.5 Å². The number of rotatable bonds is 6. The molecule has 1 aliphatic carbocycles. The van der Waals surface area contributed by atoms with E-state index in [1.807, 2.05) is 43.0 Å². The zero-order chi connectivity index (χ0) is 13.5. The van der Waals surface area contributed by atoms with E-state index in [9.17, 15) is 5.11 Å². The Balaban J connectivity index is 1.79. The Bertz CT molecular complexity index is 358. The Labute approximate surface area is 120 Å². The summed E-state index contributed by atoms with van der Waals surface area (Å²) in [5, 5.41) is 11.0. The first-order chi connectivity index (χ1) is 9.29. The Morgan fingerprint density at radius 1 is 1.21 bits per heavy atom. The van der Waals surface area contributed by atoms with Gasteiger partial charge in [0.2, 0.25) is 0 Å². The minimum atomic E-state index is -0.359. The zero-order valence-electron chi connectivity index (χ0n) is 11.7. The van der Waals surface area contributed by atoms with Gasteiger partial charge in [0.15, 0.2) is 0 Å². The van der Waals surface area contributed by atoms with Crippen molar-refractivity contribution in [1.82, 2.24) is 0 Å². The molecule has 2 nitrogen and oxygen atoms in total. The van der Waals surface area contributed by atoms with Crippen molar-refractivity contribution in [1.29, 1.82) is 0 Å². The summed E-state index contributed by atoms with van der Waals surface area (Å²) in [5.74, 6) is 1.68. The van der Waals surface area contributed by atoms with Gasteiger partial charge in [0.05, 0.1) is 12.7 Å². The number of aliphatic hydroxyl groups excluding tert-OH is 1. The summed E-state index contributed by atoms with van der Waals surface area (Å²) >= 11 is 1.93. The SMILES string of the molecule is CCOc1ccc(C(O)CSC2CCCCC2)cc1. The lowest BCUT2D eigenvalue weighted by Crippen LogP contribution is -2.11. The lowest BCUT2D eigenvalue weighted by Gasteiger charge is -2.22. The van der Waals surface area contributed by atoms with Crippen molar-refractivity contribution in [2.45, 2.75) is 50.4 Å². The molecule has 1 unspecified atom stereocenters. The van der Waals surface area contributed by atoms with Gasteiger partial charge in [0.1, 0.15) is 5.75 Å². The molecule has 106 valence electrons. The second-order valence-electron chi connectivity index (χ2n) is 5.11. The third-order valence-corrected chi connectivity index (χ3v) is 5.07. The number of hydrogen-bond acceptors (Lipinski definition) is 3. The summed E-state index contributed by atoms with van der Waals surface area (Å²) in [4.78, 5) is 0. The molecule has 1 aliphatic rings. The van der Waals surface area contributed by atoms with Gasteiger partial charge in [0, 0.05) is 11.0 Å². The quantitative estimate of drug-likeness (QED) is 0.847. The molecule has 19 heavy (non-hydrogen) atoms. The van der Waals surface area contributed by atoms with Crippen molar-refractivity contribution in [3.05, 3.63) is 29.8 Å². The molecule has 0 heterocycles. The number of hydrogen-bond donors (Lipinski definition) is 1. The molecule has 0 bridgehead atoms. The van der Waals surface area contributed by atoms with Gasteiger partial charge in [-0.15, -0.1) is 0 Å². The van der Waals surface area contributed by atoms with Gasteiger partial charge in [-0.25, -0.2) is 0 Å². The standard InChI is InChI=1S/C16H24O2S/c1-2-18-14-10-8-13(9-11-14)16(17)12-19-15-6-4-3-5-7-15/h8-11,15-17H,2-7,12H2,1H3. The molecule has 1 N–H and O–H groups in total. The van der Waals surface area contributed by atoms with Crippen molar-refractivity contribution < 1.29 is 9.84 Å².